The Labute approximate surface area is 136 Å². The lowest BCUT2D eigenvalue weighted by Gasteiger charge is -2.35. The zero-order valence-corrected chi connectivity index (χ0v) is 13.7. The minimum absolute atomic E-state index is 0.0583. The Hall–Kier alpha value is -1.75. The fourth-order valence-corrected chi connectivity index (χ4v) is 4.09. The van der Waals surface area contributed by atoms with E-state index in [1.807, 2.05) is 23.1 Å². The van der Waals surface area contributed by atoms with Crippen molar-refractivity contribution in [2.45, 2.75) is 31.2 Å². The van der Waals surface area contributed by atoms with Gasteiger partial charge in [-0.05, 0) is 38.0 Å². The molecule has 0 aromatic heterocycles. The molecule has 1 aromatic carbocycles. The summed E-state index contributed by atoms with van der Waals surface area (Å²) < 4.78 is 16.6. The number of hydrogen-bond acceptors (Lipinski definition) is 4. The second-order valence-electron chi connectivity index (χ2n) is 6.83. The molecule has 0 unspecified atom stereocenters. The topological polar surface area (TPSA) is 48.0 Å². The first-order valence-corrected chi connectivity index (χ1v) is 8.35. The van der Waals surface area contributed by atoms with Crippen LogP contribution in [0.4, 0.5) is 0 Å². The van der Waals surface area contributed by atoms with E-state index >= 15 is 0 Å². The van der Waals surface area contributed by atoms with Gasteiger partial charge >= 0.3 is 0 Å². The van der Waals surface area contributed by atoms with E-state index in [0.717, 1.165) is 29.9 Å². The van der Waals surface area contributed by atoms with Gasteiger partial charge in [-0.3, -0.25) is 4.79 Å². The molecule has 5 heteroatoms. The van der Waals surface area contributed by atoms with E-state index in [1.165, 1.54) is 0 Å². The summed E-state index contributed by atoms with van der Waals surface area (Å²) in [7, 11) is 1.67. The van der Waals surface area contributed by atoms with Gasteiger partial charge in [0.15, 0.2) is 0 Å². The van der Waals surface area contributed by atoms with Crippen molar-refractivity contribution < 1.29 is 19.0 Å². The number of nitrogens with zero attached hydrogens (tertiary/aromatic N) is 1. The number of ether oxygens (including phenoxy) is 3. The molecule has 3 aliphatic rings. The number of benzene rings is 1. The summed E-state index contributed by atoms with van der Waals surface area (Å²) in [5.74, 6) is 2.07. The zero-order chi connectivity index (χ0) is 16.0. The second kappa shape index (κ2) is 5.41. The van der Waals surface area contributed by atoms with Crippen LogP contribution in [0.2, 0.25) is 0 Å². The maximum absolute atomic E-state index is 13.0. The monoisotopic (exact) mass is 317 g/mol. The number of morpholine rings is 1. The molecule has 1 saturated heterocycles. The summed E-state index contributed by atoms with van der Waals surface area (Å²) in [5, 5.41) is 0. The van der Waals surface area contributed by atoms with Gasteiger partial charge in [0.05, 0.1) is 33.0 Å². The molecule has 4 rings (SSSR count). The van der Waals surface area contributed by atoms with Crippen molar-refractivity contribution in [3.8, 4) is 11.5 Å². The zero-order valence-electron chi connectivity index (χ0n) is 13.7. The lowest BCUT2D eigenvalue weighted by Crippen LogP contribution is -2.48. The van der Waals surface area contributed by atoms with Crippen LogP contribution in [-0.4, -0.2) is 50.3 Å². The highest BCUT2D eigenvalue weighted by Gasteiger charge is 2.62. The molecule has 2 aliphatic heterocycles. The highest BCUT2D eigenvalue weighted by Crippen LogP contribution is 2.61. The lowest BCUT2D eigenvalue weighted by molar-refractivity contribution is -0.141. The van der Waals surface area contributed by atoms with Crippen LogP contribution in [0.25, 0.3) is 0 Å². The van der Waals surface area contributed by atoms with E-state index in [4.69, 9.17) is 14.2 Å². The molecule has 0 N–H and O–H groups in total. The van der Waals surface area contributed by atoms with Crippen LogP contribution in [0.1, 0.15) is 25.3 Å². The Morgan fingerprint density at radius 3 is 3.04 bits per heavy atom. The normalized spacial score (nSPS) is 32.2. The fraction of sp³-hybridized carbons (Fsp3) is 0.611. The first-order valence-electron chi connectivity index (χ1n) is 8.35. The third-order valence-corrected chi connectivity index (χ3v) is 5.55. The Morgan fingerprint density at radius 2 is 2.26 bits per heavy atom. The summed E-state index contributed by atoms with van der Waals surface area (Å²) in [6.45, 7) is 4.73. The van der Waals surface area contributed by atoms with Gasteiger partial charge in [0.2, 0.25) is 5.91 Å². The molecule has 0 radical (unpaired) electrons. The summed E-state index contributed by atoms with van der Waals surface area (Å²) in [6.07, 6.45) is 1.82. The van der Waals surface area contributed by atoms with Crippen molar-refractivity contribution in [1.82, 2.24) is 4.90 Å². The first-order chi connectivity index (χ1) is 11.2. The molecule has 1 aromatic rings. The number of amides is 1. The van der Waals surface area contributed by atoms with Crippen LogP contribution in [0.5, 0.6) is 11.5 Å². The summed E-state index contributed by atoms with van der Waals surface area (Å²) >= 11 is 0. The number of fused-ring (bicyclic) bond motifs is 2. The largest absolute Gasteiger partial charge is 0.497 e. The van der Waals surface area contributed by atoms with E-state index in [9.17, 15) is 4.79 Å². The third-order valence-electron chi connectivity index (χ3n) is 5.55. The Bertz CT molecular complexity index is 631. The van der Waals surface area contributed by atoms with Gasteiger partial charge in [-0.15, -0.1) is 0 Å². The van der Waals surface area contributed by atoms with Crippen molar-refractivity contribution >= 4 is 5.91 Å². The third kappa shape index (κ3) is 2.29. The van der Waals surface area contributed by atoms with Crippen LogP contribution in [0, 0.1) is 5.92 Å². The predicted octanol–water partition coefficient (Wildman–Crippen LogP) is 1.98. The van der Waals surface area contributed by atoms with Crippen molar-refractivity contribution in [2.24, 2.45) is 5.92 Å². The molecule has 0 bridgehead atoms. The minimum atomic E-state index is -0.0583. The van der Waals surface area contributed by atoms with E-state index in [2.05, 4.69) is 6.92 Å². The van der Waals surface area contributed by atoms with Crippen molar-refractivity contribution in [3.05, 3.63) is 23.8 Å². The predicted molar refractivity (Wildman–Crippen MR) is 84.9 cm³/mol. The molecular weight excluding hydrogens is 294 g/mol. The molecule has 3 atom stereocenters. The summed E-state index contributed by atoms with van der Waals surface area (Å²) in [6, 6.07) is 6.09. The number of carbonyl (C=O) groups is 1. The highest BCUT2D eigenvalue weighted by molar-refractivity contribution is 5.85. The number of methoxy groups -OCH3 is 1. The molecule has 5 nitrogen and oxygen atoms in total. The standard InChI is InChI=1S/C18H23NO4/c1-12-11-22-8-6-19(12)17(20)15-10-18(15)5-7-23-16-4-3-13(21-2)9-14(16)18/h3-4,9,12,15H,5-8,10-11H2,1-2H3/t12-,15+,18+/m0/s1. The molecule has 23 heavy (non-hydrogen) atoms. The quantitative estimate of drug-likeness (QED) is 0.837. The molecule has 2 heterocycles. The van der Waals surface area contributed by atoms with Gasteiger partial charge < -0.3 is 19.1 Å². The van der Waals surface area contributed by atoms with E-state index < -0.39 is 0 Å². The molecule has 1 amide bonds. The van der Waals surface area contributed by atoms with Gasteiger partial charge in [-0.2, -0.15) is 0 Å². The van der Waals surface area contributed by atoms with Gasteiger partial charge in [-0.25, -0.2) is 0 Å². The average Bonchev–Trinajstić information content (AvgIpc) is 3.29. The van der Waals surface area contributed by atoms with Gasteiger partial charge in [-0.1, -0.05) is 0 Å². The Balaban J connectivity index is 1.61. The Morgan fingerprint density at radius 1 is 1.39 bits per heavy atom. The van der Waals surface area contributed by atoms with E-state index in [1.54, 1.807) is 7.11 Å². The van der Waals surface area contributed by atoms with Gasteiger partial charge in [0, 0.05) is 23.4 Å². The molecular formula is C18H23NO4. The minimum Gasteiger partial charge on any atom is -0.497 e. The summed E-state index contributed by atoms with van der Waals surface area (Å²) in [5.41, 5.74) is 1.08. The van der Waals surface area contributed by atoms with Crippen LogP contribution < -0.4 is 9.47 Å². The van der Waals surface area contributed by atoms with Crippen molar-refractivity contribution in [3.63, 3.8) is 0 Å². The molecule has 124 valence electrons. The maximum atomic E-state index is 13.0. The van der Waals surface area contributed by atoms with Crippen molar-refractivity contribution in [1.29, 1.82) is 0 Å². The number of rotatable bonds is 2. The first kappa shape index (κ1) is 14.8. The second-order valence-corrected chi connectivity index (χ2v) is 6.83. The molecule has 1 saturated carbocycles. The number of hydrogen-bond donors (Lipinski definition) is 0. The molecule has 1 aliphatic carbocycles. The van der Waals surface area contributed by atoms with Crippen molar-refractivity contribution in [2.75, 3.05) is 33.5 Å². The van der Waals surface area contributed by atoms with Crippen LogP contribution in [0.15, 0.2) is 18.2 Å². The van der Waals surface area contributed by atoms with Gasteiger partial charge in [0.1, 0.15) is 11.5 Å². The van der Waals surface area contributed by atoms with Crippen LogP contribution in [0.3, 0.4) is 0 Å². The highest BCUT2D eigenvalue weighted by atomic mass is 16.5. The van der Waals surface area contributed by atoms with E-state index in [-0.39, 0.29) is 23.3 Å². The fourth-order valence-electron chi connectivity index (χ4n) is 4.09. The smallest absolute Gasteiger partial charge is 0.227 e. The lowest BCUT2D eigenvalue weighted by atomic mass is 9.87. The maximum Gasteiger partial charge on any atom is 0.227 e. The average molecular weight is 317 g/mol. The van der Waals surface area contributed by atoms with E-state index in [0.29, 0.717) is 26.4 Å². The Kier molecular flexibility index (Phi) is 3.48. The van der Waals surface area contributed by atoms with Crippen LogP contribution >= 0.6 is 0 Å². The van der Waals surface area contributed by atoms with Gasteiger partial charge in [0.25, 0.3) is 0 Å². The summed E-state index contributed by atoms with van der Waals surface area (Å²) in [4.78, 5) is 15.0. The number of carbonyl (C=O) groups excluding carboxylic acids is 1. The SMILES string of the molecule is COc1ccc2c(c1)[C@@]1(CCO2)C[C@@H]1C(=O)N1CCOC[C@@H]1C. The molecule has 1 spiro atoms. The van der Waals surface area contributed by atoms with Crippen LogP contribution in [-0.2, 0) is 14.9 Å². The molecule has 2 fully saturated rings.